The van der Waals surface area contributed by atoms with Gasteiger partial charge >= 0.3 is 5.69 Å². The number of amides is 1. The van der Waals surface area contributed by atoms with Crippen molar-refractivity contribution >= 4 is 11.6 Å². The number of nitro groups is 1. The highest BCUT2D eigenvalue weighted by atomic mass is 16.6. The van der Waals surface area contributed by atoms with E-state index in [2.05, 4.69) is 11.4 Å². The van der Waals surface area contributed by atoms with Gasteiger partial charge < -0.3 is 10.1 Å². The fourth-order valence-electron chi connectivity index (χ4n) is 2.92. The summed E-state index contributed by atoms with van der Waals surface area (Å²) in [5.41, 5.74) is 2.39. The second-order valence-corrected chi connectivity index (χ2v) is 5.41. The first-order chi connectivity index (χ1) is 11.1. The number of carbonyl (C=O) groups is 1. The topological polar surface area (TPSA) is 81.5 Å². The number of nitrogens with one attached hydrogen (secondary N) is 1. The Bertz CT molecular complexity index is 773. The number of benzene rings is 2. The van der Waals surface area contributed by atoms with Crippen LogP contribution in [0.4, 0.5) is 5.69 Å². The van der Waals surface area contributed by atoms with E-state index in [4.69, 9.17) is 4.74 Å². The van der Waals surface area contributed by atoms with Crippen molar-refractivity contribution in [1.29, 1.82) is 0 Å². The number of carbonyl (C=O) groups excluding carboxylic acids is 1. The second-order valence-electron chi connectivity index (χ2n) is 5.41. The Morgan fingerprint density at radius 3 is 2.83 bits per heavy atom. The summed E-state index contributed by atoms with van der Waals surface area (Å²) in [5.74, 6) is -0.185. The lowest BCUT2D eigenvalue weighted by Crippen LogP contribution is -2.27. The lowest BCUT2D eigenvalue weighted by molar-refractivity contribution is -0.385. The average Bonchev–Trinajstić information content (AvgIpc) is 2.97. The molecule has 0 aliphatic heterocycles. The van der Waals surface area contributed by atoms with E-state index in [1.165, 1.54) is 30.9 Å². The molecule has 1 unspecified atom stereocenters. The Kier molecular flexibility index (Phi) is 3.97. The van der Waals surface area contributed by atoms with Crippen LogP contribution in [0.2, 0.25) is 0 Å². The number of hydrogen-bond acceptors (Lipinski definition) is 4. The zero-order valence-electron chi connectivity index (χ0n) is 12.6. The van der Waals surface area contributed by atoms with Crippen LogP contribution in [0.15, 0.2) is 42.5 Å². The summed E-state index contributed by atoms with van der Waals surface area (Å²) in [4.78, 5) is 22.9. The highest BCUT2D eigenvalue weighted by Gasteiger charge is 2.25. The predicted octanol–water partition coefficient (Wildman–Crippen LogP) is 3.02. The smallest absolute Gasteiger partial charge is 0.311 e. The van der Waals surface area contributed by atoms with Crippen molar-refractivity contribution in [2.24, 2.45) is 0 Å². The lowest BCUT2D eigenvalue weighted by Gasteiger charge is -2.14. The number of nitrogens with zero attached hydrogens (tertiary/aromatic N) is 1. The van der Waals surface area contributed by atoms with Crippen molar-refractivity contribution in [2.75, 3.05) is 7.11 Å². The Hall–Kier alpha value is -2.89. The van der Waals surface area contributed by atoms with Gasteiger partial charge in [0.05, 0.1) is 18.1 Å². The van der Waals surface area contributed by atoms with Crippen molar-refractivity contribution in [3.63, 3.8) is 0 Å². The third kappa shape index (κ3) is 2.88. The van der Waals surface area contributed by atoms with Crippen LogP contribution in [0.5, 0.6) is 5.75 Å². The summed E-state index contributed by atoms with van der Waals surface area (Å²) in [6, 6.07) is 12.1. The van der Waals surface area contributed by atoms with E-state index in [1.807, 2.05) is 18.2 Å². The molecule has 0 bridgehead atoms. The minimum atomic E-state index is -0.555. The maximum Gasteiger partial charge on any atom is 0.311 e. The lowest BCUT2D eigenvalue weighted by atomic mass is 10.1. The fraction of sp³-hybridized carbons (Fsp3) is 0.235. The third-order valence-electron chi connectivity index (χ3n) is 4.08. The van der Waals surface area contributed by atoms with Gasteiger partial charge in [-0.25, -0.2) is 0 Å². The molecule has 1 aliphatic carbocycles. The summed E-state index contributed by atoms with van der Waals surface area (Å²) >= 11 is 0. The Morgan fingerprint density at radius 1 is 1.30 bits per heavy atom. The van der Waals surface area contributed by atoms with Crippen LogP contribution in [0.3, 0.4) is 0 Å². The van der Waals surface area contributed by atoms with Gasteiger partial charge in [0.1, 0.15) is 0 Å². The number of nitro benzene ring substituents is 1. The monoisotopic (exact) mass is 312 g/mol. The van der Waals surface area contributed by atoms with E-state index in [0.717, 1.165) is 18.4 Å². The number of rotatable bonds is 4. The van der Waals surface area contributed by atoms with Crippen LogP contribution < -0.4 is 10.1 Å². The summed E-state index contributed by atoms with van der Waals surface area (Å²) in [6.45, 7) is 0. The number of hydrogen-bond donors (Lipinski definition) is 1. The standard InChI is InChI=1S/C17H16N2O4/c1-23-16-9-7-12(10-15(16)19(21)22)17(20)18-14-8-6-11-4-2-3-5-13(11)14/h2-5,7,9-10,14H,6,8H2,1H3,(H,18,20). The van der Waals surface area contributed by atoms with Crippen LogP contribution in [-0.2, 0) is 6.42 Å². The first-order valence-electron chi connectivity index (χ1n) is 7.31. The van der Waals surface area contributed by atoms with E-state index in [-0.39, 0.29) is 28.9 Å². The molecular formula is C17H16N2O4. The molecule has 0 saturated heterocycles. The van der Waals surface area contributed by atoms with Crippen LogP contribution in [0.1, 0.15) is 33.9 Å². The molecule has 0 saturated carbocycles. The number of fused-ring (bicyclic) bond motifs is 1. The van der Waals surface area contributed by atoms with Gasteiger partial charge in [-0.2, -0.15) is 0 Å². The first kappa shape index (κ1) is 15.0. The molecule has 0 aromatic heterocycles. The van der Waals surface area contributed by atoms with Crippen LogP contribution in [-0.4, -0.2) is 17.9 Å². The summed E-state index contributed by atoms with van der Waals surface area (Å²) in [5, 5.41) is 14.0. The van der Waals surface area contributed by atoms with Gasteiger partial charge in [-0.3, -0.25) is 14.9 Å². The van der Waals surface area contributed by atoms with Gasteiger partial charge in [0.15, 0.2) is 5.75 Å². The highest BCUT2D eigenvalue weighted by Crippen LogP contribution is 2.32. The van der Waals surface area contributed by atoms with Crippen LogP contribution in [0.25, 0.3) is 0 Å². The van der Waals surface area contributed by atoms with Crippen LogP contribution >= 0.6 is 0 Å². The zero-order chi connectivity index (χ0) is 16.4. The van der Waals surface area contributed by atoms with Crippen molar-refractivity contribution < 1.29 is 14.5 Å². The summed E-state index contributed by atoms with van der Waals surface area (Å²) < 4.78 is 4.95. The van der Waals surface area contributed by atoms with E-state index in [1.54, 1.807) is 0 Å². The van der Waals surface area contributed by atoms with Gasteiger partial charge in [-0.15, -0.1) is 0 Å². The van der Waals surface area contributed by atoms with E-state index in [0.29, 0.717) is 0 Å². The quantitative estimate of drug-likeness (QED) is 0.695. The van der Waals surface area contributed by atoms with Gasteiger partial charge in [0.2, 0.25) is 0 Å². The molecule has 3 rings (SSSR count). The van der Waals surface area contributed by atoms with E-state index >= 15 is 0 Å². The Morgan fingerprint density at radius 2 is 2.09 bits per heavy atom. The van der Waals surface area contributed by atoms with E-state index < -0.39 is 4.92 Å². The molecule has 0 spiro atoms. The van der Waals surface area contributed by atoms with Crippen molar-refractivity contribution in [3.8, 4) is 5.75 Å². The SMILES string of the molecule is COc1ccc(C(=O)NC2CCc3ccccc32)cc1[N+](=O)[O-]. The number of methoxy groups -OCH3 is 1. The molecular weight excluding hydrogens is 296 g/mol. The zero-order valence-corrected chi connectivity index (χ0v) is 12.6. The average molecular weight is 312 g/mol. The van der Waals surface area contributed by atoms with Crippen molar-refractivity contribution in [3.05, 3.63) is 69.3 Å². The van der Waals surface area contributed by atoms with Gasteiger partial charge in [0.25, 0.3) is 5.91 Å². The molecule has 1 amide bonds. The second kappa shape index (κ2) is 6.08. The molecule has 2 aromatic carbocycles. The Labute approximate surface area is 133 Å². The number of aryl methyl sites for hydroxylation is 1. The maximum absolute atomic E-state index is 12.4. The van der Waals surface area contributed by atoms with Gasteiger partial charge in [-0.1, -0.05) is 24.3 Å². The minimum absolute atomic E-state index is 0.0557. The normalized spacial score (nSPS) is 15.8. The molecule has 2 aromatic rings. The fourth-order valence-corrected chi connectivity index (χ4v) is 2.92. The molecule has 1 N–H and O–H groups in total. The van der Waals surface area contributed by atoms with Crippen molar-refractivity contribution in [2.45, 2.75) is 18.9 Å². The third-order valence-corrected chi connectivity index (χ3v) is 4.08. The van der Waals surface area contributed by atoms with Crippen molar-refractivity contribution in [1.82, 2.24) is 5.32 Å². The molecule has 0 fully saturated rings. The molecule has 6 nitrogen and oxygen atoms in total. The number of ether oxygens (including phenoxy) is 1. The first-order valence-corrected chi connectivity index (χ1v) is 7.31. The Balaban J connectivity index is 1.82. The molecule has 0 heterocycles. The summed E-state index contributed by atoms with van der Waals surface area (Å²) in [6.07, 6.45) is 1.76. The molecule has 23 heavy (non-hydrogen) atoms. The molecule has 1 aliphatic rings. The molecule has 0 radical (unpaired) electrons. The summed E-state index contributed by atoms with van der Waals surface area (Å²) in [7, 11) is 1.36. The molecule has 1 atom stereocenters. The largest absolute Gasteiger partial charge is 0.490 e. The highest BCUT2D eigenvalue weighted by molar-refractivity contribution is 5.95. The molecule has 6 heteroatoms. The van der Waals surface area contributed by atoms with E-state index in [9.17, 15) is 14.9 Å². The molecule has 118 valence electrons. The maximum atomic E-state index is 12.4. The minimum Gasteiger partial charge on any atom is -0.490 e. The van der Waals surface area contributed by atoms with Gasteiger partial charge in [-0.05, 0) is 36.1 Å². The predicted molar refractivity (Wildman–Crippen MR) is 84.6 cm³/mol. The van der Waals surface area contributed by atoms with Gasteiger partial charge in [0, 0.05) is 11.6 Å². The van der Waals surface area contributed by atoms with Crippen LogP contribution in [0, 0.1) is 10.1 Å².